The van der Waals surface area contributed by atoms with E-state index in [0.29, 0.717) is 11.4 Å². The van der Waals surface area contributed by atoms with Crippen molar-refractivity contribution in [2.24, 2.45) is 5.10 Å². The van der Waals surface area contributed by atoms with Gasteiger partial charge >= 0.3 is 0 Å². The molecule has 4 aromatic rings. The Hall–Kier alpha value is -4.46. The van der Waals surface area contributed by atoms with Gasteiger partial charge in [0.1, 0.15) is 11.4 Å². The molecule has 0 saturated carbocycles. The normalized spacial score (nSPS) is 10.9. The van der Waals surface area contributed by atoms with Crippen LogP contribution in [0.3, 0.4) is 0 Å². The summed E-state index contributed by atoms with van der Waals surface area (Å²) in [5.41, 5.74) is 5.91. The van der Waals surface area contributed by atoms with E-state index in [-0.39, 0.29) is 11.5 Å². The van der Waals surface area contributed by atoms with Crippen LogP contribution in [0, 0.1) is 0 Å². The topological polar surface area (TPSA) is 124 Å². The fourth-order valence-electron chi connectivity index (χ4n) is 2.81. The number of hydrazone groups is 1. The van der Waals surface area contributed by atoms with Gasteiger partial charge in [0.15, 0.2) is 11.5 Å². The predicted octanol–water partition coefficient (Wildman–Crippen LogP) is 3.77. The fourth-order valence-corrected chi connectivity index (χ4v) is 2.81. The molecule has 0 aliphatic heterocycles. The molecule has 0 atom stereocenters. The highest BCUT2D eigenvalue weighted by Gasteiger charge is 2.13. The highest BCUT2D eigenvalue weighted by atomic mass is 16.3. The molecule has 8 nitrogen and oxygen atoms in total. The maximum Gasteiger partial charge on any atom is 0.263 e. The number of phenolic OH excluding ortho intramolecular Hbond substituents is 3. The minimum atomic E-state index is -0.615. The summed E-state index contributed by atoms with van der Waals surface area (Å²) in [5, 5.41) is 41.2. The second-order valence-electron chi connectivity index (χ2n) is 6.31. The first kappa shape index (κ1) is 18.9. The molecule has 4 N–H and O–H groups in total. The largest absolute Gasteiger partial charge is 0.504 e. The zero-order valence-corrected chi connectivity index (χ0v) is 15.6. The Morgan fingerprint density at radius 1 is 0.700 bits per heavy atom. The third kappa shape index (κ3) is 3.88. The van der Waals surface area contributed by atoms with E-state index in [1.807, 2.05) is 60.7 Å². The molecule has 0 amide bonds. The van der Waals surface area contributed by atoms with Crippen molar-refractivity contribution < 1.29 is 15.3 Å². The van der Waals surface area contributed by atoms with Crippen LogP contribution in [-0.4, -0.2) is 36.7 Å². The van der Waals surface area contributed by atoms with Crippen LogP contribution < -0.4 is 5.43 Å². The SMILES string of the molecule is Oc1ccc(/C=N\Nc2nnc(-c3ccccc3)c(-c3ccccc3)n2)c(O)c1O. The highest BCUT2D eigenvalue weighted by molar-refractivity contribution is 5.86. The van der Waals surface area contributed by atoms with Crippen LogP contribution in [0.15, 0.2) is 77.9 Å². The van der Waals surface area contributed by atoms with Crippen molar-refractivity contribution in [2.75, 3.05) is 5.43 Å². The lowest BCUT2D eigenvalue weighted by Crippen LogP contribution is -2.03. The third-order valence-corrected chi connectivity index (χ3v) is 4.31. The minimum Gasteiger partial charge on any atom is -0.504 e. The van der Waals surface area contributed by atoms with Crippen molar-refractivity contribution in [3.63, 3.8) is 0 Å². The van der Waals surface area contributed by atoms with Gasteiger partial charge in [0.2, 0.25) is 5.75 Å². The van der Waals surface area contributed by atoms with Gasteiger partial charge in [0.05, 0.1) is 6.21 Å². The number of phenols is 3. The molecular formula is C22H17N5O3. The van der Waals surface area contributed by atoms with Gasteiger partial charge in [0, 0.05) is 16.7 Å². The highest BCUT2D eigenvalue weighted by Crippen LogP contribution is 2.36. The van der Waals surface area contributed by atoms with Crippen molar-refractivity contribution in [3.8, 4) is 39.8 Å². The van der Waals surface area contributed by atoms with Crippen molar-refractivity contribution in [2.45, 2.75) is 0 Å². The molecule has 8 heteroatoms. The molecule has 1 heterocycles. The lowest BCUT2D eigenvalue weighted by molar-refractivity contribution is 0.367. The van der Waals surface area contributed by atoms with Crippen molar-refractivity contribution in [3.05, 3.63) is 78.4 Å². The van der Waals surface area contributed by atoms with E-state index in [1.165, 1.54) is 18.3 Å². The molecule has 1 aromatic heterocycles. The Morgan fingerprint density at radius 2 is 1.33 bits per heavy atom. The van der Waals surface area contributed by atoms with Crippen LogP contribution in [0.1, 0.15) is 5.56 Å². The molecule has 0 aliphatic rings. The molecule has 0 bridgehead atoms. The molecule has 0 radical (unpaired) electrons. The van der Waals surface area contributed by atoms with Crippen LogP contribution in [0.2, 0.25) is 0 Å². The molecule has 4 rings (SSSR count). The standard InChI is InChI=1S/C22H17N5O3/c28-17-12-11-16(20(29)21(17)30)13-23-26-22-24-18(14-7-3-1-4-8-14)19(25-27-22)15-9-5-2-6-10-15/h1-13,28-30H,(H,24,26,27)/b23-13-. The van der Waals surface area contributed by atoms with Gasteiger partial charge in [-0.15, -0.1) is 10.2 Å². The average Bonchev–Trinajstić information content (AvgIpc) is 2.80. The first-order chi connectivity index (χ1) is 14.6. The van der Waals surface area contributed by atoms with E-state index >= 15 is 0 Å². The van der Waals surface area contributed by atoms with Gasteiger partial charge in [-0.2, -0.15) is 5.10 Å². The lowest BCUT2D eigenvalue weighted by Gasteiger charge is -2.09. The molecule has 0 spiro atoms. The Bertz CT molecular complexity index is 1200. The van der Waals surface area contributed by atoms with Gasteiger partial charge in [-0.3, -0.25) is 0 Å². The van der Waals surface area contributed by atoms with Gasteiger partial charge in [0.25, 0.3) is 5.95 Å². The summed E-state index contributed by atoms with van der Waals surface area (Å²) >= 11 is 0. The second kappa shape index (κ2) is 8.27. The summed E-state index contributed by atoms with van der Waals surface area (Å²) in [7, 11) is 0. The van der Waals surface area contributed by atoms with E-state index in [2.05, 4.69) is 25.7 Å². The molecule has 0 fully saturated rings. The number of aromatic nitrogens is 3. The molecule has 3 aromatic carbocycles. The average molecular weight is 399 g/mol. The van der Waals surface area contributed by atoms with Crippen molar-refractivity contribution in [1.82, 2.24) is 15.2 Å². The first-order valence-electron chi connectivity index (χ1n) is 9.02. The van der Waals surface area contributed by atoms with Gasteiger partial charge < -0.3 is 15.3 Å². The molecule has 0 saturated heterocycles. The number of rotatable bonds is 5. The molecule has 0 aliphatic carbocycles. The number of nitrogens with zero attached hydrogens (tertiary/aromatic N) is 4. The second-order valence-corrected chi connectivity index (χ2v) is 6.31. The Kier molecular flexibility index (Phi) is 5.21. The van der Waals surface area contributed by atoms with E-state index < -0.39 is 17.2 Å². The monoisotopic (exact) mass is 399 g/mol. The van der Waals surface area contributed by atoms with Crippen molar-refractivity contribution >= 4 is 12.2 Å². The van der Waals surface area contributed by atoms with E-state index in [9.17, 15) is 15.3 Å². The van der Waals surface area contributed by atoms with E-state index in [0.717, 1.165) is 11.1 Å². The molecule has 30 heavy (non-hydrogen) atoms. The van der Waals surface area contributed by atoms with Gasteiger partial charge in [-0.25, -0.2) is 10.4 Å². The van der Waals surface area contributed by atoms with Crippen LogP contribution in [0.25, 0.3) is 22.5 Å². The van der Waals surface area contributed by atoms with Crippen LogP contribution >= 0.6 is 0 Å². The fraction of sp³-hybridized carbons (Fsp3) is 0. The number of hydrogen-bond acceptors (Lipinski definition) is 8. The summed E-state index contributed by atoms with van der Waals surface area (Å²) < 4.78 is 0. The number of aromatic hydroxyl groups is 3. The van der Waals surface area contributed by atoms with Gasteiger partial charge in [-0.1, -0.05) is 60.7 Å². The minimum absolute atomic E-state index is 0.160. The van der Waals surface area contributed by atoms with E-state index in [4.69, 9.17) is 0 Å². The molecular weight excluding hydrogens is 382 g/mol. The molecule has 0 unspecified atom stereocenters. The van der Waals surface area contributed by atoms with Crippen LogP contribution in [0.5, 0.6) is 17.2 Å². The lowest BCUT2D eigenvalue weighted by atomic mass is 10.0. The summed E-state index contributed by atoms with van der Waals surface area (Å²) in [6.07, 6.45) is 1.27. The maximum absolute atomic E-state index is 9.86. The van der Waals surface area contributed by atoms with Crippen LogP contribution in [-0.2, 0) is 0 Å². The predicted molar refractivity (Wildman–Crippen MR) is 113 cm³/mol. The number of nitrogens with one attached hydrogen (secondary N) is 1. The Labute approximate surface area is 171 Å². The summed E-state index contributed by atoms with van der Waals surface area (Å²) in [6, 6.07) is 21.9. The summed E-state index contributed by atoms with van der Waals surface area (Å²) in [4.78, 5) is 4.55. The van der Waals surface area contributed by atoms with Gasteiger partial charge in [-0.05, 0) is 12.1 Å². The summed E-state index contributed by atoms with van der Waals surface area (Å²) in [6.45, 7) is 0. The zero-order chi connectivity index (χ0) is 20.9. The number of benzene rings is 3. The Morgan fingerprint density at radius 3 is 2.00 bits per heavy atom. The maximum atomic E-state index is 9.86. The number of anilines is 1. The third-order valence-electron chi connectivity index (χ3n) is 4.31. The van der Waals surface area contributed by atoms with E-state index in [1.54, 1.807) is 0 Å². The van der Waals surface area contributed by atoms with Crippen LogP contribution in [0.4, 0.5) is 5.95 Å². The first-order valence-corrected chi connectivity index (χ1v) is 9.02. The quantitative estimate of drug-likeness (QED) is 0.229. The van der Waals surface area contributed by atoms with Crippen molar-refractivity contribution in [1.29, 1.82) is 0 Å². The zero-order valence-electron chi connectivity index (χ0n) is 15.6. The number of hydrogen-bond donors (Lipinski definition) is 4. The summed E-state index contributed by atoms with van der Waals surface area (Å²) in [5.74, 6) is -1.36. The smallest absolute Gasteiger partial charge is 0.263 e. The molecule has 148 valence electrons. The Balaban J connectivity index is 1.66.